The molecule has 1 saturated heterocycles. The van der Waals surface area contributed by atoms with Gasteiger partial charge in [0.05, 0.1) is 0 Å². The van der Waals surface area contributed by atoms with E-state index in [4.69, 9.17) is 22.1 Å². The molecule has 0 aromatic heterocycles. The van der Waals surface area contributed by atoms with Gasteiger partial charge in [-0.25, -0.2) is 0 Å². The minimum Gasteiger partial charge on any atom is -0.381 e. The molecule has 2 fully saturated rings. The van der Waals surface area contributed by atoms with E-state index in [-0.39, 0.29) is 4.75 Å². The molecule has 19 heavy (non-hydrogen) atoms. The molecule has 1 aromatic rings. The van der Waals surface area contributed by atoms with Crippen LogP contribution in [0.1, 0.15) is 25.7 Å². The van der Waals surface area contributed by atoms with Gasteiger partial charge in [0.2, 0.25) is 0 Å². The Labute approximate surface area is 124 Å². The maximum Gasteiger partial charge on any atom is 0.0471 e. The lowest BCUT2D eigenvalue weighted by Gasteiger charge is -2.57. The molecule has 0 bridgehead atoms. The first-order valence-corrected chi connectivity index (χ1v) is 8.07. The zero-order chi connectivity index (χ0) is 13.3. The first-order chi connectivity index (χ1) is 9.15. The van der Waals surface area contributed by atoms with Crippen LogP contribution < -0.4 is 5.73 Å². The van der Waals surface area contributed by atoms with Gasteiger partial charge in [0.25, 0.3) is 0 Å². The molecule has 2 aliphatic rings. The summed E-state index contributed by atoms with van der Waals surface area (Å²) in [6.07, 6.45) is 4.84. The Morgan fingerprint density at radius 1 is 1.26 bits per heavy atom. The summed E-state index contributed by atoms with van der Waals surface area (Å²) in [5, 5.41) is 0.803. The van der Waals surface area contributed by atoms with Gasteiger partial charge < -0.3 is 10.5 Å². The van der Waals surface area contributed by atoms with E-state index in [9.17, 15) is 0 Å². The van der Waals surface area contributed by atoms with Gasteiger partial charge in [-0.2, -0.15) is 0 Å². The van der Waals surface area contributed by atoms with Crippen LogP contribution in [0.25, 0.3) is 0 Å². The number of halogens is 1. The molecule has 1 spiro atoms. The van der Waals surface area contributed by atoms with Crippen LogP contribution in [0.15, 0.2) is 29.2 Å². The lowest BCUT2D eigenvalue weighted by molar-refractivity contribution is -0.0451. The van der Waals surface area contributed by atoms with E-state index < -0.39 is 0 Å². The zero-order valence-electron chi connectivity index (χ0n) is 11.0. The highest BCUT2D eigenvalue weighted by Crippen LogP contribution is 2.61. The van der Waals surface area contributed by atoms with Crippen molar-refractivity contribution in [3.8, 4) is 0 Å². The van der Waals surface area contributed by atoms with Crippen molar-refractivity contribution in [2.45, 2.75) is 35.3 Å². The van der Waals surface area contributed by atoms with Gasteiger partial charge in [-0.05, 0) is 49.3 Å². The minimum atomic E-state index is 0.210. The number of benzene rings is 1. The van der Waals surface area contributed by atoms with Gasteiger partial charge in [-0.3, -0.25) is 0 Å². The molecule has 0 atom stereocenters. The molecular weight excluding hydrogens is 278 g/mol. The van der Waals surface area contributed by atoms with Crippen molar-refractivity contribution >= 4 is 23.4 Å². The molecule has 1 heterocycles. The van der Waals surface area contributed by atoms with E-state index in [2.05, 4.69) is 6.07 Å². The Hall–Kier alpha value is -0.220. The first-order valence-electron chi connectivity index (χ1n) is 6.88. The van der Waals surface area contributed by atoms with E-state index in [0.29, 0.717) is 5.41 Å². The van der Waals surface area contributed by atoms with E-state index in [1.54, 1.807) is 0 Å². The molecule has 0 unspecified atom stereocenters. The minimum absolute atomic E-state index is 0.210. The maximum absolute atomic E-state index is 6.06. The quantitative estimate of drug-likeness (QED) is 0.923. The molecule has 2 nitrogen and oxygen atoms in total. The summed E-state index contributed by atoms with van der Waals surface area (Å²) in [6, 6.07) is 8.10. The number of hydrogen-bond acceptors (Lipinski definition) is 3. The van der Waals surface area contributed by atoms with Crippen LogP contribution in [0, 0.1) is 5.41 Å². The Morgan fingerprint density at radius 2 is 2.00 bits per heavy atom. The third-order valence-corrected chi connectivity index (χ3v) is 6.06. The van der Waals surface area contributed by atoms with Crippen molar-refractivity contribution in [2.24, 2.45) is 11.1 Å². The third kappa shape index (κ3) is 2.80. The summed E-state index contributed by atoms with van der Waals surface area (Å²) in [4.78, 5) is 1.24. The average Bonchev–Trinajstić information content (AvgIpc) is 2.38. The van der Waals surface area contributed by atoms with Gasteiger partial charge in [0.1, 0.15) is 0 Å². The zero-order valence-corrected chi connectivity index (χ0v) is 12.6. The summed E-state index contributed by atoms with van der Waals surface area (Å²) in [7, 11) is 0. The molecule has 1 saturated carbocycles. The van der Waals surface area contributed by atoms with Crippen LogP contribution in [0.3, 0.4) is 0 Å². The SMILES string of the molecule is NCC1(Sc2cccc(Cl)c2)CC2(CCOCC2)C1. The fourth-order valence-corrected chi connectivity index (χ4v) is 5.44. The Balaban J connectivity index is 1.69. The van der Waals surface area contributed by atoms with Crippen LogP contribution in [0.2, 0.25) is 5.02 Å². The lowest BCUT2D eigenvalue weighted by Crippen LogP contribution is -2.55. The fraction of sp³-hybridized carbons (Fsp3) is 0.600. The summed E-state index contributed by atoms with van der Waals surface area (Å²) in [5.41, 5.74) is 6.56. The van der Waals surface area contributed by atoms with Crippen molar-refractivity contribution < 1.29 is 4.74 Å². The topological polar surface area (TPSA) is 35.2 Å². The van der Waals surface area contributed by atoms with Gasteiger partial charge >= 0.3 is 0 Å². The average molecular weight is 298 g/mol. The summed E-state index contributed by atoms with van der Waals surface area (Å²) in [5.74, 6) is 0. The second-order valence-corrected chi connectivity index (χ2v) is 7.89. The molecule has 3 rings (SSSR count). The molecule has 4 heteroatoms. The Morgan fingerprint density at radius 3 is 2.63 bits per heavy atom. The summed E-state index contributed by atoms with van der Waals surface area (Å²) < 4.78 is 5.69. The van der Waals surface area contributed by atoms with Crippen molar-refractivity contribution in [3.05, 3.63) is 29.3 Å². The molecule has 0 amide bonds. The second-order valence-electron chi connectivity index (χ2n) is 5.91. The molecule has 104 valence electrons. The van der Waals surface area contributed by atoms with Crippen molar-refractivity contribution in [1.29, 1.82) is 0 Å². The van der Waals surface area contributed by atoms with Crippen LogP contribution in [0.4, 0.5) is 0 Å². The van der Waals surface area contributed by atoms with Gasteiger partial charge in [-0.1, -0.05) is 17.7 Å². The van der Waals surface area contributed by atoms with Crippen LogP contribution in [-0.4, -0.2) is 24.5 Å². The number of ether oxygens (including phenoxy) is 1. The highest BCUT2D eigenvalue weighted by molar-refractivity contribution is 8.00. The van der Waals surface area contributed by atoms with Gasteiger partial charge in [-0.15, -0.1) is 11.8 Å². The lowest BCUT2D eigenvalue weighted by atomic mass is 9.57. The van der Waals surface area contributed by atoms with E-state index in [1.165, 1.54) is 30.6 Å². The molecule has 0 radical (unpaired) electrons. The van der Waals surface area contributed by atoms with Crippen molar-refractivity contribution in [2.75, 3.05) is 19.8 Å². The Kier molecular flexibility index (Phi) is 3.82. The summed E-state index contributed by atoms with van der Waals surface area (Å²) in [6.45, 7) is 2.58. The highest BCUT2D eigenvalue weighted by atomic mass is 35.5. The van der Waals surface area contributed by atoms with Crippen molar-refractivity contribution in [3.63, 3.8) is 0 Å². The smallest absolute Gasteiger partial charge is 0.0471 e. The molecular formula is C15H20ClNOS. The second kappa shape index (κ2) is 5.28. The number of nitrogens with two attached hydrogens (primary N) is 1. The number of rotatable bonds is 3. The Bertz CT molecular complexity index is 451. The molecule has 2 N–H and O–H groups in total. The largest absolute Gasteiger partial charge is 0.381 e. The van der Waals surface area contributed by atoms with Gasteiger partial charge in [0, 0.05) is 34.4 Å². The maximum atomic E-state index is 6.06. The normalized spacial score (nSPS) is 24.1. The summed E-state index contributed by atoms with van der Waals surface area (Å²) >= 11 is 7.97. The predicted octanol–water partition coefficient (Wildman–Crippen LogP) is 3.72. The van der Waals surface area contributed by atoms with E-state index in [1.807, 2.05) is 30.0 Å². The van der Waals surface area contributed by atoms with Crippen LogP contribution in [0.5, 0.6) is 0 Å². The number of thioether (sulfide) groups is 1. The van der Waals surface area contributed by atoms with E-state index in [0.717, 1.165) is 24.8 Å². The third-order valence-electron chi connectivity index (χ3n) is 4.45. The molecule has 1 aliphatic carbocycles. The monoisotopic (exact) mass is 297 g/mol. The number of hydrogen-bond donors (Lipinski definition) is 1. The standard InChI is InChI=1S/C15H20ClNOS/c16-12-2-1-3-13(8-12)19-15(11-17)9-14(10-15)4-6-18-7-5-14/h1-3,8H,4-7,9-11,17H2. The predicted molar refractivity (Wildman–Crippen MR) is 80.8 cm³/mol. The molecule has 1 aliphatic heterocycles. The van der Waals surface area contributed by atoms with Gasteiger partial charge in [0.15, 0.2) is 0 Å². The van der Waals surface area contributed by atoms with E-state index >= 15 is 0 Å². The first kappa shape index (κ1) is 13.7. The fourth-order valence-electron chi connectivity index (χ4n) is 3.51. The van der Waals surface area contributed by atoms with Crippen molar-refractivity contribution in [1.82, 2.24) is 0 Å². The highest BCUT2D eigenvalue weighted by Gasteiger charge is 2.54. The van der Waals surface area contributed by atoms with Crippen LogP contribution >= 0.6 is 23.4 Å². The molecule has 1 aromatic carbocycles. The van der Waals surface area contributed by atoms with Crippen LogP contribution in [-0.2, 0) is 4.74 Å².